The van der Waals surface area contributed by atoms with Crippen LogP contribution in [-0.4, -0.2) is 10.9 Å². The van der Waals surface area contributed by atoms with Crippen LogP contribution in [0.1, 0.15) is 20.8 Å². The molecule has 0 aliphatic rings. The predicted octanol–water partition coefficient (Wildman–Crippen LogP) is 2.36. The molecule has 0 unspecified atom stereocenters. The molecule has 84 heavy (non-hydrogen) atoms. The Kier molecular flexibility index (Phi) is 39.9. The van der Waals surface area contributed by atoms with Gasteiger partial charge in [0.15, 0.2) is 0 Å². The molecule has 0 aromatic carbocycles. The van der Waals surface area contributed by atoms with Gasteiger partial charge in [-0.3, -0.25) is 0 Å². The topological polar surface area (TPSA) is 26.3 Å². The SMILES string of the molecule is CC(C)(C)OC(=O)SS(=S)(=S)S(=S)(=S)S(=S)(=S)S(=S)(=S)S(=S)(=S)S(=S)(=S)S(=S)(=S)S(=S)(=S)S(=S)(=S)S(=S)(=S)S(=S)(=S)S(=S)(=S)S(=S)(=S)S(=S)(=S)S(=S)(=S)S(=S)(=S)S(=S)(=S)S(=S)(=S)S(=S)(=S)S(=S)(=S)S(=S)(=S)S(=S)(=S)S(=S)(=S)S(=S)(=S)S(F)(=S)=S. The van der Waals surface area contributed by atoms with Crippen LogP contribution < -0.4 is 0 Å². The number of ether oxygens (including phenoxy) is 1. The molecule has 0 N–H and O–H groups in total. The normalized spacial score (nSPS) is 16.7. The largest absolute Gasteiger partial charge is 0.451 e. The van der Waals surface area contributed by atoms with Gasteiger partial charge in [-0.1, -0.05) is 0 Å². The standard InChI is InChI=1S/C5H9FO2S76/c1-5(2,3)8-4(7)59-61(11,12)63(15,16)65(19,20)67(23,24)69(27,28)71(31,32)73(35,36)75(39,40)77(43,44)79(47,48)81(51,52)83(55,56)84(57,58)82(53,54)80(49,50)78(45,46)76(41,42)74(37,38)72(33,34)70(29,30)68(25,26)66(21,22)64(17,18)62(13,14)60(6,9)10/h1-3H3. The average molecular weight is 2560 g/mol. The van der Waals surface area contributed by atoms with E-state index in [0.717, 1.165) is 0 Å². The third kappa shape index (κ3) is 17.0. The zero-order valence-electron chi connectivity index (χ0n) is 36.2. The van der Waals surface area contributed by atoms with Crippen LogP contribution in [0.15, 0.2) is 0 Å². The maximum Gasteiger partial charge on any atom is 0.379 e. The molecule has 0 heterocycles. The third-order valence-electron chi connectivity index (χ3n) is 6.55. The van der Waals surface area contributed by atoms with E-state index in [0.29, 0.717) is 10.8 Å². The molecule has 0 saturated carbocycles. The van der Waals surface area contributed by atoms with Gasteiger partial charge in [0.25, 0.3) is 0 Å². The summed E-state index contributed by atoms with van der Waals surface area (Å²) in [6, 6.07) is 0. The summed E-state index contributed by atoms with van der Waals surface area (Å²) < 4.78 is 20.8. The Morgan fingerprint density at radius 2 is 0.345 bits per heavy atom. The molecule has 79 heteroatoms. The van der Waals surface area contributed by atoms with E-state index in [1.165, 1.54) is 0 Å². The van der Waals surface area contributed by atoms with E-state index in [9.17, 15) is 4.79 Å². The van der Waals surface area contributed by atoms with Crippen molar-refractivity contribution in [2.45, 2.75) is 26.4 Å². The second-order valence-electron chi connectivity index (χ2n) is 12.7. The summed E-state index contributed by atoms with van der Waals surface area (Å²) >= 11 is 298. The van der Waals surface area contributed by atoms with Gasteiger partial charge >= 0.3 is 5.30 Å². The van der Waals surface area contributed by atoms with E-state index >= 15 is 3.89 Å². The minimum atomic E-state index is -4.21. The highest BCUT2D eigenvalue weighted by Crippen LogP contribution is 2.46. The van der Waals surface area contributed by atoms with Gasteiger partial charge in [-0.2, -0.15) is 0 Å². The first-order chi connectivity index (χ1) is 35.1. The zero-order valence-corrected chi connectivity index (χ0v) is 98.3. The van der Waals surface area contributed by atoms with Gasteiger partial charge in [-0.05, 0) is 580 Å². The summed E-state index contributed by atoms with van der Waals surface area (Å²) in [5.74, 6) is 0. The van der Waals surface area contributed by atoms with Crippen molar-refractivity contribution < 1.29 is 13.4 Å². The zero-order chi connectivity index (χ0) is 70.0. The molecule has 0 radical (unpaired) electrons. The van der Waals surface area contributed by atoms with Crippen molar-refractivity contribution >= 4 is 707 Å². The number of carbonyl (C=O) groups is 1. The van der Waals surface area contributed by atoms with Gasteiger partial charge in [0.1, 0.15) is 12.2 Å². The van der Waals surface area contributed by atoms with E-state index in [-0.39, 0.29) is 0 Å². The Bertz CT molecular complexity index is 6080. The highest BCUT2D eigenvalue weighted by atomic mass is 34.5. The lowest BCUT2D eigenvalue weighted by Crippen LogP contribution is -2.40. The third-order valence-corrected chi connectivity index (χ3v) is 485. The molecule has 0 spiro atoms. The minimum Gasteiger partial charge on any atom is -0.451 e. The summed E-state index contributed by atoms with van der Waals surface area (Å²) in [6.45, 7) is 0.580. The van der Waals surface area contributed by atoms with Crippen LogP contribution in [0, 0.1) is 0 Å². The Labute approximate surface area is 725 Å². The lowest BCUT2D eigenvalue weighted by molar-refractivity contribution is 0.0740. The fourth-order valence-electron chi connectivity index (χ4n) is 2.74. The second kappa shape index (κ2) is 32.4. The van der Waals surface area contributed by atoms with Crippen LogP contribution in [0.25, 0.3) is 0 Å². The summed E-state index contributed by atoms with van der Waals surface area (Å²) in [5, 5.41) is -96.2. The summed E-state index contributed by atoms with van der Waals surface area (Å²) in [6.07, 6.45) is 0. The van der Waals surface area contributed by atoms with E-state index in [1.54, 1.807) is 20.8 Å². The van der Waals surface area contributed by atoms with Crippen molar-refractivity contribution in [3.05, 3.63) is 0 Å². The average Bonchev–Trinajstić information content (AvgIpc) is 3.23. The molecule has 0 saturated heterocycles. The molecule has 0 aliphatic heterocycles. The number of hydrogen-bond donors (Lipinski definition) is 0. The van der Waals surface area contributed by atoms with E-state index in [4.69, 9.17) is 564 Å². The van der Waals surface area contributed by atoms with Gasteiger partial charge in [0, 0.05) is 131 Å². The Hall–Kier alpha value is 19.5. The van der Waals surface area contributed by atoms with Crippen LogP contribution in [0.2, 0.25) is 0 Å². The van der Waals surface area contributed by atoms with Gasteiger partial charge < -0.3 is 4.74 Å². The van der Waals surface area contributed by atoms with Crippen molar-refractivity contribution in [3.63, 3.8) is 0 Å². The van der Waals surface area contributed by atoms with Crippen molar-refractivity contribution in [1.82, 2.24) is 0 Å². The van der Waals surface area contributed by atoms with Gasteiger partial charge in [0.2, 0.25) is 0 Å². The maximum atomic E-state index is 15.5. The second-order valence-corrected chi connectivity index (χ2v) is 275. The van der Waals surface area contributed by atoms with Crippen LogP contribution in [0.5, 0.6) is 0 Å². The van der Waals surface area contributed by atoms with E-state index < -0.39 is 143 Å². The molecule has 2 nitrogen and oxygen atoms in total. The Balaban J connectivity index is 8.59. The number of halogens is 1. The number of rotatable bonds is 25. The molecule has 0 bridgehead atoms. The summed E-state index contributed by atoms with van der Waals surface area (Å²) in [7, 11) is 0.366. The van der Waals surface area contributed by atoms with Crippen molar-refractivity contribution in [2.24, 2.45) is 0 Å². The van der Waals surface area contributed by atoms with E-state index in [2.05, 4.69) is 0 Å². The van der Waals surface area contributed by atoms with Gasteiger partial charge in [0.05, 0.1) is 5.21 Å². The van der Waals surface area contributed by atoms with Gasteiger partial charge in [-0.15, -0.1) is 3.89 Å². The monoisotopic (exact) mass is 2550 g/mol. The molecular weight excluding hydrogens is 2550 g/mol. The van der Waals surface area contributed by atoms with Crippen LogP contribution in [0.3, 0.4) is 0 Å². The Morgan fingerprint density at radius 3 is 0.452 bits per heavy atom. The first kappa shape index (κ1) is 104. The maximum absolute atomic E-state index is 15.5. The molecule has 0 rings (SSSR count). The lowest BCUT2D eigenvalue weighted by Gasteiger charge is -2.37. The number of carbonyl (C=O) groups excluding carboxylic acids is 1. The fourth-order valence-corrected chi connectivity index (χ4v) is 571. The highest BCUT2D eigenvalue weighted by molar-refractivity contribution is 9.81. The fraction of sp³-hybridized carbons (Fsp3) is 0.800. The molecular formula is C5H9FO2S76. The van der Waals surface area contributed by atoms with Crippen LogP contribution in [-0.2, 0) is 696 Å². The molecule has 504 valence electrons. The minimum absolute atomic E-state index is 0.366. The lowest BCUT2D eigenvalue weighted by atomic mass is 10.2. The molecule has 0 aromatic heterocycles. The quantitative estimate of drug-likeness (QED) is 0.0761. The highest BCUT2D eigenvalue weighted by Gasteiger charge is 2.49. The molecule has 0 aliphatic carbocycles. The van der Waals surface area contributed by atoms with Crippen molar-refractivity contribution in [2.75, 3.05) is 0 Å². The van der Waals surface area contributed by atoms with E-state index in [1.807, 2.05) is 0 Å². The Morgan fingerprint density at radius 1 is 0.238 bits per heavy atom. The van der Waals surface area contributed by atoms with Gasteiger partial charge in [-0.25, -0.2) is 4.79 Å². The van der Waals surface area contributed by atoms with Crippen LogP contribution >= 0.6 is 10.8 Å². The first-order valence-electron chi connectivity index (χ1n) is 15.0. The first-order valence-corrected chi connectivity index (χ1v) is 116. The summed E-state index contributed by atoms with van der Waals surface area (Å²) in [5.41, 5.74) is -0.980. The molecule has 0 aromatic rings. The number of hydrogen-bond acceptors (Lipinski definition) is 53. The van der Waals surface area contributed by atoms with Crippen molar-refractivity contribution in [1.29, 1.82) is 0 Å². The van der Waals surface area contributed by atoms with Crippen molar-refractivity contribution in [3.8, 4) is 0 Å². The van der Waals surface area contributed by atoms with Crippen LogP contribution in [0.4, 0.5) is 8.68 Å². The summed E-state index contributed by atoms with van der Waals surface area (Å²) in [4.78, 5) is 13.0. The molecule has 0 amide bonds. The predicted molar refractivity (Wildman–Crippen MR) is 587 cm³/mol. The molecule has 0 fully saturated rings. The smallest absolute Gasteiger partial charge is 0.379 e. The molecule has 0 atom stereocenters.